The molecule has 2 amide bonds. The Morgan fingerprint density at radius 2 is 2.00 bits per heavy atom. The van der Waals surface area contributed by atoms with Crippen molar-refractivity contribution in [2.24, 2.45) is 5.92 Å². The van der Waals surface area contributed by atoms with Gasteiger partial charge >= 0.3 is 12.0 Å². The minimum absolute atomic E-state index is 0.0443. The molecule has 0 bridgehead atoms. The molecule has 0 aromatic heterocycles. The maximum absolute atomic E-state index is 11.9. The zero-order valence-corrected chi connectivity index (χ0v) is 13.3. The SMILES string of the molecule is Cc1cc(Br)ccc1NC(=O)NC(CC(=O)O)C(C)C. The van der Waals surface area contributed by atoms with Crippen molar-refractivity contribution < 1.29 is 14.7 Å². The largest absolute Gasteiger partial charge is 0.481 e. The fraction of sp³-hybridized carbons (Fsp3) is 0.429. The summed E-state index contributed by atoms with van der Waals surface area (Å²) in [6, 6.07) is 4.73. The Labute approximate surface area is 126 Å². The maximum atomic E-state index is 11.9. The van der Waals surface area contributed by atoms with Gasteiger partial charge in [0.2, 0.25) is 0 Å². The average Bonchev–Trinajstić information content (AvgIpc) is 2.31. The molecule has 1 atom stereocenters. The number of carbonyl (C=O) groups is 2. The Kier molecular flexibility index (Phi) is 6.01. The lowest BCUT2D eigenvalue weighted by Crippen LogP contribution is -2.42. The molecule has 6 heteroatoms. The lowest BCUT2D eigenvalue weighted by atomic mass is 10.0. The summed E-state index contributed by atoms with van der Waals surface area (Å²) in [6.07, 6.45) is -0.0929. The maximum Gasteiger partial charge on any atom is 0.319 e. The highest BCUT2D eigenvalue weighted by Crippen LogP contribution is 2.20. The number of aryl methyl sites for hydroxylation is 1. The van der Waals surface area contributed by atoms with Crippen LogP contribution < -0.4 is 10.6 Å². The number of anilines is 1. The molecule has 1 rings (SSSR count). The van der Waals surface area contributed by atoms with E-state index in [0.717, 1.165) is 10.0 Å². The molecule has 0 saturated carbocycles. The number of carbonyl (C=O) groups excluding carboxylic acids is 1. The van der Waals surface area contributed by atoms with E-state index in [9.17, 15) is 9.59 Å². The van der Waals surface area contributed by atoms with Crippen molar-refractivity contribution in [1.29, 1.82) is 0 Å². The number of halogens is 1. The average molecular weight is 343 g/mol. The summed E-state index contributed by atoms with van der Waals surface area (Å²) in [6.45, 7) is 5.63. The van der Waals surface area contributed by atoms with Gasteiger partial charge in [0.1, 0.15) is 0 Å². The standard InChI is InChI=1S/C14H19BrN2O3/c1-8(2)12(7-13(18)19)17-14(20)16-11-5-4-10(15)6-9(11)3/h4-6,8,12H,7H2,1-3H3,(H,18,19)(H2,16,17,20). The molecule has 0 aliphatic carbocycles. The van der Waals surface area contributed by atoms with Gasteiger partial charge in [-0.15, -0.1) is 0 Å². The van der Waals surface area contributed by atoms with Crippen LogP contribution in [-0.2, 0) is 4.79 Å². The third-order valence-electron chi connectivity index (χ3n) is 2.95. The van der Waals surface area contributed by atoms with Crippen LogP contribution in [0, 0.1) is 12.8 Å². The van der Waals surface area contributed by atoms with Crippen LogP contribution in [0.1, 0.15) is 25.8 Å². The van der Waals surface area contributed by atoms with Crippen molar-refractivity contribution in [3.63, 3.8) is 0 Å². The second-order valence-electron chi connectivity index (χ2n) is 5.01. The van der Waals surface area contributed by atoms with E-state index in [4.69, 9.17) is 5.11 Å². The predicted octanol–water partition coefficient (Wildman–Crippen LogP) is 3.38. The fourth-order valence-electron chi connectivity index (χ4n) is 1.74. The normalized spacial score (nSPS) is 12.1. The lowest BCUT2D eigenvalue weighted by Gasteiger charge is -2.21. The van der Waals surface area contributed by atoms with E-state index < -0.39 is 18.0 Å². The number of amides is 2. The Morgan fingerprint density at radius 1 is 1.35 bits per heavy atom. The van der Waals surface area contributed by atoms with Crippen LogP contribution >= 0.6 is 15.9 Å². The highest BCUT2D eigenvalue weighted by molar-refractivity contribution is 9.10. The first kappa shape index (κ1) is 16.5. The highest BCUT2D eigenvalue weighted by atomic mass is 79.9. The number of carboxylic acid groups (broad SMARTS) is 1. The molecule has 0 aliphatic rings. The van der Waals surface area contributed by atoms with Gasteiger partial charge in [-0.3, -0.25) is 4.79 Å². The van der Waals surface area contributed by atoms with Crippen molar-refractivity contribution in [2.75, 3.05) is 5.32 Å². The molecular formula is C14H19BrN2O3. The third kappa shape index (κ3) is 5.21. The van der Waals surface area contributed by atoms with Crippen LogP contribution in [0.4, 0.5) is 10.5 Å². The van der Waals surface area contributed by atoms with Crippen LogP contribution in [0.5, 0.6) is 0 Å². The number of carboxylic acids is 1. The topological polar surface area (TPSA) is 78.4 Å². The van der Waals surface area contributed by atoms with E-state index in [1.54, 1.807) is 6.07 Å². The highest BCUT2D eigenvalue weighted by Gasteiger charge is 2.19. The van der Waals surface area contributed by atoms with Crippen LogP contribution in [0.2, 0.25) is 0 Å². The van der Waals surface area contributed by atoms with Gasteiger partial charge in [0.15, 0.2) is 0 Å². The Balaban J connectivity index is 2.68. The summed E-state index contributed by atoms with van der Waals surface area (Å²) in [7, 11) is 0. The first-order valence-corrected chi connectivity index (χ1v) is 7.14. The second kappa shape index (κ2) is 7.28. The Bertz CT molecular complexity index is 503. The lowest BCUT2D eigenvalue weighted by molar-refractivity contribution is -0.137. The zero-order valence-electron chi connectivity index (χ0n) is 11.7. The van der Waals surface area contributed by atoms with E-state index in [2.05, 4.69) is 26.6 Å². The van der Waals surface area contributed by atoms with Crippen LogP contribution in [0.3, 0.4) is 0 Å². The number of hydrogen-bond donors (Lipinski definition) is 3. The van der Waals surface area contributed by atoms with Crippen LogP contribution in [0.15, 0.2) is 22.7 Å². The van der Waals surface area contributed by atoms with Gasteiger partial charge in [-0.2, -0.15) is 0 Å². The Hall–Kier alpha value is -1.56. The molecule has 1 unspecified atom stereocenters. The van der Waals surface area contributed by atoms with E-state index in [0.29, 0.717) is 5.69 Å². The molecule has 3 N–H and O–H groups in total. The number of urea groups is 1. The minimum atomic E-state index is -0.927. The molecule has 0 saturated heterocycles. The zero-order chi connectivity index (χ0) is 15.3. The van der Waals surface area contributed by atoms with Crippen molar-refractivity contribution >= 4 is 33.6 Å². The quantitative estimate of drug-likeness (QED) is 0.767. The summed E-state index contributed by atoms with van der Waals surface area (Å²) in [5.41, 5.74) is 1.62. The number of aliphatic carboxylic acids is 1. The van der Waals surface area contributed by atoms with Gasteiger partial charge < -0.3 is 15.7 Å². The van der Waals surface area contributed by atoms with Gasteiger partial charge in [-0.1, -0.05) is 29.8 Å². The number of rotatable bonds is 5. The van der Waals surface area contributed by atoms with E-state index in [-0.39, 0.29) is 12.3 Å². The molecule has 110 valence electrons. The van der Waals surface area contributed by atoms with Gasteiger partial charge in [-0.25, -0.2) is 4.79 Å². The van der Waals surface area contributed by atoms with Gasteiger partial charge in [-0.05, 0) is 36.6 Å². The Morgan fingerprint density at radius 3 is 2.50 bits per heavy atom. The minimum Gasteiger partial charge on any atom is -0.481 e. The van der Waals surface area contributed by atoms with Crippen molar-refractivity contribution in [2.45, 2.75) is 33.2 Å². The molecular weight excluding hydrogens is 324 g/mol. The smallest absolute Gasteiger partial charge is 0.319 e. The van der Waals surface area contributed by atoms with Crippen LogP contribution in [0.25, 0.3) is 0 Å². The predicted molar refractivity (Wildman–Crippen MR) is 81.9 cm³/mol. The molecule has 0 radical (unpaired) electrons. The third-order valence-corrected chi connectivity index (χ3v) is 3.45. The number of nitrogens with one attached hydrogen (secondary N) is 2. The monoisotopic (exact) mass is 342 g/mol. The summed E-state index contributed by atoms with van der Waals surface area (Å²) in [5, 5.41) is 14.3. The number of hydrogen-bond acceptors (Lipinski definition) is 2. The molecule has 20 heavy (non-hydrogen) atoms. The molecule has 1 aromatic carbocycles. The molecule has 0 aliphatic heterocycles. The van der Waals surface area contributed by atoms with Crippen molar-refractivity contribution in [3.8, 4) is 0 Å². The summed E-state index contributed by atoms with van der Waals surface area (Å²) in [5.74, 6) is -0.883. The van der Waals surface area contributed by atoms with E-state index in [1.807, 2.05) is 32.9 Å². The molecule has 1 aromatic rings. The molecule has 0 spiro atoms. The van der Waals surface area contributed by atoms with Gasteiger partial charge in [0.25, 0.3) is 0 Å². The molecule has 0 fully saturated rings. The van der Waals surface area contributed by atoms with Gasteiger partial charge in [0.05, 0.1) is 6.42 Å². The van der Waals surface area contributed by atoms with Gasteiger partial charge in [0, 0.05) is 16.2 Å². The summed E-state index contributed by atoms with van der Waals surface area (Å²) in [4.78, 5) is 22.7. The van der Waals surface area contributed by atoms with Crippen molar-refractivity contribution in [3.05, 3.63) is 28.2 Å². The first-order valence-electron chi connectivity index (χ1n) is 6.35. The number of benzene rings is 1. The fourth-order valence-corrected chi connectivity index (χ4v) is 2.21. The molecule has 5 nitrogen and oxygen atoms in total. The molecule has 0 heterocycles. The first-order chi connectivity index (χ1) is 9.29. The van der Waals surface area contributed by atoms with E-state index in [1.165, 1.54) is 0 Å². The second-order valence-corrected chi connectivity index (χ2v) is 5.92. The van der Waals surface area contributed by atoms with Crippen LogP contribution in [-0.4, -0.2) is 23.1 Å². The van der Waals surface area contributed by atoms with Crippen molar-refractivity contribution in [1.82, 2.24) is 5.32 Å². The summed E-state index contributed by atoms with van der Waals surface area (Å²) < 4.78 is 0.937. The summed E-state index contributed by atoms with van der Waals surface area (Å²) >= 11 is 3.36. The van der Waals surface area contributed by atoms with E-state index >= 15 is 0 Å².